The predicted octanol–water partition coefficient (Wildman–Crippen LogP) is 5.83. The summed E-state index contributed by atoms with van der Waals surface area (Å²) in [7, 11) is 1.64. The van der Waals surface area contributed by atoms with Crippen molar-refractivity contribution in [1.29, 1.82) is 0 Å². The van der Waals surface area contributed by atoms with Crippen LogP contribution in [-0.2, 0) is 12.8 Å². The normalized spacial score (nSPS) is 15.1. The van der Waals surface area contributed by atoms with Crippen molar-refractivity contribution >= 4 is 5.78 Å². The van der Waals surface area contributed by atoms with Gasteiger partial charge in [-0.05, 0) is 63.3 Å². The molecule has 1 unspecified atom stereocenters. The third kappa shape index (κ3) is 4.93. The van der Waals surface area contributed by atoms with E-state index in [4.69, 9.17) is 9.47 Å². The van der Waals surface area contributed by atoms with Crippen LogP contribution in [0.4, 0.5) is 0 Å². The Bertz CT molecular complexity index is 1040. The molecule has 0 aliphatic carbocycles. The Morgan fingerprint density at radius 2 is 1.97 bits per heavy atom. The number of hydrogen-bond acceptors (Lipinski definition) is 5. The fraction of sp³-hybridized carbons (Fsp3) is 0.346. The third-order valence-electron chi connectivity index (χ3n) is 5.46. The first-order chi connectivity index (χ1) is 14.7. The van der Waals surface area contributed by atoms with Gasteiger partial charge in [0.2, 0.25) is 0 Å². The Morgan fingerprint density at radius 1 is 1.23 bits per heavy atom. The first-order valence-electron chi connectivity index (χ1n) is 10.4. The Labute approximate surface area is 183 Å². The van der Waals surface area contributed by atoms with Gasteiger partial charge in [0.25, 0.3) is 0 Å². The molecule has 1 atom stereocenters. The molecule has 1 aliphatic heterocycles. The van der Waals surface area contributed by atoms with Crippen LogP contribution in [0.5, 0.6) is 23.0 Å². The van der Waals surface area contributed by atoms with Crippen LogP contribution in [0.2, 0.25) is 0 Å². The van der Waals surface area contributed by atoms with E-state index in [-0.39, 0.29) is 35.0 Å². The van der Waals surface area contributed by atoms with Crippen molar-refractivity contribution in [3.8, 4) is 23.0 Å². The van der Waals surface area contributed by atoms with Crippen molar-refractivity contribution < 1.29 is 24.5 Å². The molecule has 0 saturated carbocycles. The molecule has 0 fully saturated rings. The van der Waals surface area contributed by atoms with Gasteiger partial charge in [0.15, 0.2) is 5.78 Å². The van der Waals surface area contributed by atoms with E-state index in [0.29, 0.717) is 12.0 Å². The minimum Gasteiger partial charge on any atom is -0.507 e. The van der Waals surface area contributed by atoms with Gasteiger partial charge in [-0.25, -0.2) is 0 Å². The number of benzene rings is 2. The number of phenols is 2. The third-order valence-corrected chi connectivity index (χ3v) is 5.46. The number of allylic oxidation sites excluding steroid dienone is 3. The number of Topliss-reactive ketones (excluding diaryl/α,β-unsaturated/α-hetero) is 1. The SMILES string of the molecule is C=C(C)CCc1cc(C2CC(=O)c3c(O)cc(O)c(CC=C(C)C)c3O2)ccc1OC. The average molecular weight is 423 g/mol. The quantitative estimate of drug-likeness (QED) is 0.549. The van der Waals surface area contributed by atoms with Crippen molar-refractivity contribution in [3.63, 3.8) is 0 Å². The second-order valence-electron chi connectivity index (χ2n) is 8.35. The summed E-state index contributed by atoms with van der Waals surface area (Å²) in [6.07, 6.45) is 3.57. The summed E-state index contributed by atoms with van der Waals surface area (Å²) in [5.41, 5.74) is 4.68. The lowest BCUT2D eigenvalue weighted by Crippen LogP contribution is -2.22. The molecule has 0 amide bonds. The Hall–Kier alpha value is -3.21. The zero-order valence-electron chi connectivity index (χ0n) is 18.6. The maximum absolute atomic E-state index is 12.9. The topological polar surface area (TPSA) is 76.0 Å². The number of phenolic OH excluding ortho intramolecular Hbond substituents is 2. The number of ether oxygens (including phenoxy) is 2. The maximum Gasteiger partial charge on any atom is 0.174 e. The second-order valence-corrected chi connectivity index (χ2v) is 8.35. The highest BCUT2D eigenvalue weighted by Crippen LogP contribution is 2.46. The van der Waals surface area contributed by atoms with E-state index in [0.717, 1.165) is 40.9 Å². The van der Waals surface area contributed by atoms with Crippen LogP contribution >= 0.6 is 0 Å². The molecule has 5 nitrogen and oxygen atoms in total. The molecule has 164 valence electrons. The lowest BCUT2D eigenvalue weighted by molar-refractivity contribution is 0.0842. The van der Waals surface area contributed by atoms with Crippen LogP contribution in [0.15, 0.2) is 48.1 Å². The summed E-state index contributed by atoms with van der Waals surface area (Å²) in [6.45, 7) is 9.88. The van der Waals surface area contributed by atoms with Gasteiger partial charge in [-0.15, -0.1) is 6.58 Å². The van der Waals surface area contributed by atoms with E-state index >= 15 is 0 Å². The molecule has 2 aromatic carbocycles. The Morgan fingerprint density at radius 3 is 2.61 bits per heavy atom. The van der Waals surface area contributed by atoms with Crippen molar-refractivity contribution in [1.82, 2.24) is 0 Å². The van der Waals surface area contributed by atoms with Crippen molar-refractivity contribution in [2.75, 3.05) is 7.11 Å². The van der Waals surface area contributed by atoms with E-state index < -0.39 is 6.10 Å². The van der Waals surface area contributed by atoms with Crippen molar-refractivity contribution in [3.05, 3.63) is 70.3 Å². The molecule has 0 saturated heterocycles. The minimum absolute atomic E-state index is 0.0842. The Kier molecular flexibility index (Phi) is 6.74. The summed E-state index contributed by atoms with van der Waals surface area (Å²) >= 11 is 0. The summed E-state index contributed by atoms with van der Waals surface area (Å²) in [4.78, 5) is 12.9. The zero-order valence-corrected chi connectivity index (χ0v) is 18.6. The van der Waals surface area contributed by atoms with Gasteiger partial charge >= 0.3 is 0 Å². The van der Waals surface area contributed by atoms with Gasteiger partial charge in [0.05, 0.1) is 13.5 Å². The first kappa shape index (κ1) is 22.5. The Balaban J connectivity index is 2.01. The molecular formula is C26H30O5. The van der Waals surface area contributed by atoms with Gasteiger partial charge in [-0.2, -0.15) is 0 Å². The second kappa shape index (κ2) is 9.29. The predicted molar refractivity (Wildman–Crippen MR) is 121 cm³/mol. The van der Waals surface area contributed by atoms with Gasteiger partial charge in [-0.3, -0.25) is 4.79 Å². The standard InChI is InChI=1S/C26H30O5/c1-15(2)6-8-17-12-18(9-11-23(17)30-5)24-14-22(29)25-21(28)13-20(27)19(26(25)31-24)10-7-16(3)4/h7,9,11-13,24,27-28H,1,6,8,10,14H2,2-5H3. The molecule has 3 rings (SSSR count). The number of ketones is 1. The molecule has 2 N–H and O–H groups in total. The fourth-order valence-electron chi connectivity index (χ4n) is 3.76. The van der Waals surface area contributed by atoms with E-state index in [1.807, 2.05) is 45.0 Å². The van der Waals surface area contributed by atoms with Crippen LogP contribution in [0.25, 0.3) is 0 Å². The highest BCUT2D eigenvalue weighted by atomic mass is 16.5. The molecule has 0 bridgehead atoms. The minimum atomic E-state index is -0.513. The van der Waals surface area contributed by atoms with E-state index in [9.17, 15) is 15.0 Å². The molecule has 5 heteroatoms. The molecular weight excluding hydrogens is 392 g/mol. The molecule has 2 aromatic rings. The van der Waals surface area contributed by atoms with Crippen molar-refractivity contribution in [2.24, 2.45) is 0 Å². The highest BCUT2D eigenvalue weighted by Gasteiger charge is 2.33. The fourth-order valence-corrected chi connectivity index (χ4v) is 3.76. The number of methoxy groups -OCH3 is 1. The van der Waals surface area contributed by atoms with Crippen molar-refractivity contribution in [2.45, 2.75) is 52.6 Å². The molecule has 1 heterocycles. The first-order valence-corrected chi connectivity index (χ1v) is 10.4. The molecule has 0 aromatic heterocycles. The van der Waals surface area contributed by atoms with Gasteiger partial charge < -0.3 is 19.7 Å². The van der Waals surface area contributed by atoms with Crippen LogP contribution in [0, 0.1) is 0 Å². The lowest BCUT2D eigenvalue weighted by atomic mass is 9.91. The number of aromatic hydroxyl groups is 2. The van der Waals surface area contributed by atoms with E-state index in [1.165, 1.54) is 6.07 Å². The summed E-state index contributed by atoms with van der Waals surface area (Å²) in [5, 5.41) is 20.7. The van der Waals surface area contributed by atoms with Gasteiger partial charge in [0.1, 0.15) is 34.7 Å². The molecule has 0 radical (unpaired) electrons. The number of aryl methyl sites for hydroxylation is 1. The summed E-state index contributed by atoms with van der Waals surface area (Å²) in [6, 6.07) is 7.00. The number of hydrogen-bond donors (Lipinski definition) is 2. The maximum atomic E-state index is 12.9. The summed E-state index contributed by atoms with van der Waals surface area (Å²) < 4.78 is 11.7. The number of carbonyl (C=O) groups excluding carboxylic acids is 1. The molecule has 31 heavy (non-hydrogen) atoms. The number of carbonyl (C=O) groups is 1. The van der Waals surface area contributed by atoms with Gasteiger partial charge in [0, 0.05) is 11.6 Å². The van der Waals surface area contributed by atoms with Crippen LogP contribution in [0.1, 0.15) is 66.8 Å². The smallest absolute Gasteiger partial charge is 0.174 e. The lowest BCUT2D eigenvalue weighted by Gasteiger charge is -2.28. The van der Waals surface area contributed by atoms with Gasteiger partial charge in [-0.1, -0.05) is 23.3 Å². The van der Waals surface area contributed by atoms with Crippen LogP contribution in [0.3, 0.4) is 0 Å². The summed E-state index contributed by atoms with van der Waals surface area (Å²) in [5.74, 6) is 0.497. The number of fused-ring (bicyclic) bond motifs is 1. The highest BCUT2D eigenvalue weighted by molar-refractivity contribution is 6.03. The molecule has 0 spiro atoms. The van der Waals surface area contributed by atoms with E-state index in [1.54, 1.807) is 7.11 Å². The van der Waals surface area contributed by atoms with E-state index in [2.05, 4.69) is 6.58 Å². The van der Waals surface area contributed by atoms with Crippen LogP contribution < -0.4 is 9.47 Å². The largest absolute Gasteiger partial charge is 0.507 e. The monoisotopic (exact) mass is 422 g/mol. The average Bonchev–Trinajstić information content (AvgIpc) is 2.70. The zero-order chi connectivity index (χ0) is 22.7. The van der Waals surface area contributed by atoms with Crippen LogP contribution in [-0.4, -0.2) is 23.1 Å². The molecule has 1 aliphatic rings. The number of rotatable bonds is 7.